The van der Waals surface area contributed by atoms with E-state index in [2.05, 4.69) is 16.9 Å². The molecule has 1 aliphatic carbocycles. The topological polar surface area (TPSA) is 63.3 Å². The number of hydrogen-bond donors (Lipinski definition) is 1. The van der Waals surface area contributed by atoms with Crippen molar-refractivity contribution in [3.05, 3.63) is 70.4 Å². The molecular weight excluding hydrogens is 474 g/mol. The fraction of sp³-hybridized carbons (Fsp3) is 0.308. The maximum Gasteiger partial charge on any atom is 0.149 e. The summed E-state index contributed by atoms with van der Waals surface area (Å²) in [6.45, 7) is 2.70. The van der Waals surface area contributed by atoms with Crippen LogP contribution in [0.3, 0.4) is 0 Å². The normalized spacial score (nSPS) is 17.0. The van der Waals surface area contributed by atoms with Crippen molar-refractivity contribution in [3.8, 4) is 17.0 Å². The second-order valence-electron chi connectivity index (χ2n) is 9.15. The van der Waals surface area contributed by atoms with E-state index < -0.39 is 0 Å². The first-order valence-electron chi connectivity index (χ1n) is 11.7. The van der Waals surface area contributed by atoms with Crippen molar-refractivity contribution in [3.63, 3.8) is 0 Å². The summed E-state index contributed by atoms with van der Waals surface area (Å²) in [5, 5.41) is 0.591. The van der Waals surface area contributed by atoms with Crippen LogP contribution in [0.25, 0.3) is 22.3 Å². The Labute approximate surface area is 205 Å². The quantitative estimate of drug-likeness (QED) is 0.229. The standard InChI is InChI=1S/C26H23ClF2N4O2/c1-14-13-34-25-20(14)10-18(30-23(25)15-4-6-17(28)7-5-15)8-9-35-33(29)19-11-21(27)24-22(12-19)31-26(32-24)16-2-3-16/h4-7,10-12,14,16H,2-3,8-9,13H2,1H3,(H,31,32). The van der Waals surface area contributed by atoms with Crippen molar-refractivity contribution >= 4 is 28.3 Å². The third-order valence-corrected chi connectivity index (χ3v) is 6.74. The first-order chi connectivity index (χ1) is 17.0. The third-order valence-electron chi connectivity index (χ3n) is 6.45. The molecule has 9 heteroatoms. The molecule has 35 heavy (non-hydrogen) atoms. The van der Waals surface area contributed by atoms with Gasteiger partial charge in [0.15, 0.2) is 0 Å². The SMILES string of the molecule is CC1COc2c1cc(CCON(F)c1cc(Cl)c3nc(C4CC4)[nH]c3c1)nc2-c1ccc(F)cc1. The molecule has 6 rings (SSSR count). The second kappa shape index (κ2) is 8.77. The van der Waals surface area contributed by atoms with Crippen molar-refractivity contribution in [2.45, 2.75) is 38.0 Å². The van der Waals surface area contributed by atoms with Crippen LogP contribution in [-0.2, 0) is 11.3 Å². The minimum absolute atomic E-state index is 0.0618. The van der Waals surface area contributed by atoms with E-state index in [9.17, 15) is 8.87 Å². The number of ether oxygens (including phenoxy) is 1. The number of aromatic amines is 1. The number of benzene rings is 2. The Morgan fingerprint density at radius 3 is 2.74 bits per heavy atom. The fourth-order valence-corrected chi connectivity index (χ4v) is 4.65. The number of fused-ring (bicyclic) bond motifs is 2. The summed E-state index contributed by atoms with van der Waals surface area (Å²) < 4.78 is 34.1. The summed E-state index contributed by atoms with van der Waals surface area (Å²) in [6.07, 6.45) is 2.58. The molecule has 0 spiro atoms. The molecule has 1 N–H and O–H groups in total. The highest BCUT2D eigenvalue weighted by Gasteiger charge is 2.28. The van der Waals surface area contributed by atoms with Gasteiger partial charge in [0.05, 0.1) is 23.8 Å². The Hall–Kier alpha value is -3.23. The van der Waals surface area contributed by atoms with Gasteiger partial charge in [-0.3, -0.25) is 0 Å². The molecule has 6 nitrogen and oxygen atoms in total. The number of aromatic nitrogens is 3. The molecular formula is C26H23ClF2N4O2. The van der Waals surface area contributed by atoms with Crippen LogP contribution in [0.5, 0.6) is 5.75 Å². The second-order valence-corrected chi connectivity index (χ2v) is 9.55. The van der Waals surface area contributed by atoms with Crippen LogP contribution in [0.1, 0.15) is 48.7 Å². The molecule has 0 saturated heterocycles. The number of hydrogen-bond acceptors (Lipinski definition) is 5. The Morgan fingerprint density at radius 2 is 1.97 bits per heavy atom. The van der Waals surface area contributed by atoms with Gasteiger partial charge in [0.1, 0.15) is 34.3 Å². The first-order valence-corrected chi connectivity index (χ1v) is 12.0. The van der Waals surface area contributed by atoms with Crippen LogP contribution in [0, 0.1) is 5.82 Å². The lowest BCUT2D eigenvalue weighted by atomic mass is 9.99. The van der Waals surface area contributed by atoms with E-state index in [-0.39, 0.29) is 29.3 Å². The fourth-order valence-electron chi connectivity index (χ4n) is 4.39. The van der Waals surface area contributed by atoms with Crippen molar-refractivity contribution in [2.24, 2.45) is 0 Å². The van der Waals surface area contributed by atoms with Gasteiger partial charge in [0, 0.05) is 35.1 Å². The Morgan fingerprint density at radius 1 is 1.17 bits per heavy atom. The molecule has 180 valence electrons. The number of pyridine rings is 1. The highest BCUT2D eigenvalue weighted by molar-refractivity contribution is 6.35. The van der Waals surface area contributed by atoms with Gasteiger partial charge < -0.3 is 9.72 Å². The molecule has 1 unspecified atom stereocenters. The number of nitrogens with zero attached hydrogens (tertiary/aromatic N) is 3. The van der Waals surface area contributed by atoms with Gasteiger partial charge in [-0.2, -0.15) is 0 Å². The Balaban J connectivity index is 1.19. The van der Waals surface area contributed by atoms with Crippen molar-refractivity contribution in [2.75, 3.05) is 18.5 Å². The van der Waals surface area contributed by atoms with Crippen molar-refractivity contribution < 1.29 is 18.4 Å². The monoisotopic (exact) mass is 496 g/mol. The van der Waals surface area contributed by atoms with E-state index >= 15 is 0 Å². The van der Waals surface area contributed by atoms with Gasteiger partial charge in [0.2, 0.25) is 0 Å². The number of imidazole rings is 1. The van der Waals surface area contributed by atoms with Gasteiger partial charge in [-0.25, -0.2) is 19.2 Å². The molecule has 2 aromatic carbocycles. The molecule has 2 aromatic heterocycles. The van der Waals surface area contributed by atoms with E-state index in [4.69, 9.17) is 26.2 Å². The Bertz CT molecular complexity index is 1400. The van der Waals surface area contributed by atoms with E-state index in [1.807, 2.05) is 6.07 Å². The third kappa shape index (κ3) is 4.32. The minimum Gasteiger partial charge on any atom is -0.490 e. The maximum absolute atomic E-state index is 14.8. The minimum atomic E-state index is -0.315. The zero-order valence-electron chi connectivity index (χ0n) is 19.0. The molecule has 4 aromatic rings. The smallest absolute Gasteiger partial charge is 0.149 e. The molecule has 3 heterocycles. The summed E-state index contributed by atoms with van der Waals surface area (Å²) in [7, 11) is 0. The van der Waals surface area contributed by atoms with Gasteiger partial charge in [-0.15, -0.1) is 0 Å². The van der Waals surface area contributed by atoms with E-state index in [1.54, 1.807) is 18.2 Å². The molecule has 0 radical (unpaired) electrons. The number of halogens is 3. The molecule has 0 amide bonds. The molecule has 1 aliphatic heterocycles. The first kappa shape index (κ1) is 22.2. The van der Waals surface area contributed by atoms with Gasteiger partial charge in [-0.1, -0.05) is 28.3 Å². The number of rotatable bonds is 7. The predicted octanol–water partition coefficient (Wildman–Crippen LogP) is 6.66. The summed E-state index contributed by atoms with van der Waals surface area (Å²) in [6, 6.07) is 11.3. The van der Waals surface area contributed by atoms with Crippen LogP contribution < -0.4 is 10.0 Å². The highest BCUT2D eigenvalue weighted by Crippen LogP contribution is 2.42. The average molecular weight is 497 g/mol. The molecule has 1 saturated carbocycles. The van der Waals surface area contributed by atoms with Crippen molar-refractivity contribution in [1.29, 1.82) is 0 Å². The summed E-state index contributed by atoms with van der Waals surface area (Å²) in [4.78, 5) is 17.9. The largest absolute Gasteiger partial charge is 0.490 e. The van der Waals surface area contributed by atoms with E-state index in [0.717, 1.165) is 35.5 Å². The van der Waals surface area contributed by atoms with Gasteiger partial charge in [0.25, 0.3) is 0 Å². The summed E-state index contributed by atoms with van der Waals surface area (Å²) >= 11 is 6.35. The van der Waals surface area contributed by atoms with Crippen LogP contribution >= 0.6 is 11.6 Å². The molecule has 1 fully saturated rings. The average Bonchev–Trinajstić information content (AvgIpc) is 3.50. The number of H-pyrrole nitrogens is 1. The van der Waals surface area contributed by atoms with Crippen LogP contribution in [0.4, 0.5) is 14.6 Å². The van der Waals surface area contributed by atoms with E-state index in [1.165, 1.54) is 18.2 Å². The van der Waals surface area contributed by atoms with Crippen LogP contribution in [0.2, 0.25) is 5.02 Å². The highest BCUT2D eigenvalue weighted by atomic mass is 35.5. The molecule has 1 atom stereocenters. The van der Waals surface area contributed by atoms with Crippen molar-refractivity contribution in [1.82, 2.24) is 15.0 Å². The lowest BCUT2D eigenvalue weighted by Crippen LogP contribution is -2.15. The number of nitrogens with one attached hydrogen (secondary N) is 1. The maximum atomic E-state index is 14.8. The lowest BCUT2D eigenvalue weighted by Gasteiger charge is -2.15. The summed E-state index contributed by atoms with van der Waals surface area (Å²) in [5.74, 6) is 1.93. The van der Waals surface area contributed by atoms with Crippen LogP contribution in [0.15, 0.2) is 42.5 Å². The Kier molecular flexibility index (Phi) is 5.57. The summed E-state index contributed by atoms with van der Waals surface area (Å²) in [5.41, 5.74) is 4.70. The van der Waals surface area contributed by atoms with Gasteiger partial charge >= 0.3 is 0 Å². The molecule has 0 bridgehead atoms. The lowest BCUT2D eigenvalue weighted by molar-refractivity contribution is 0.0207. The van der Waals surface area contributed by atoms with Crippen LogP contribution in [-0.4, -0.2) is 28.2 Å². The predicted molar refractivity (Wildman–Crippen MR) is 130 cm³/mol. The van der Waals surface area contributed by atoms with E-state index in [0.29, 0.717) is 46.4 Å². The number of anilines is 1. The zero-order valence-corrected chi connectivity index (χ0v) is 19.8. The zero-order chi connectivity index (χ0) is 24.1. The van der Waals surface area contributed by atoms with Gasteiger partial charge in [-0.05, 0) is 55.3 Å². The molecule has 2 aliphatic rings.